The molecule has 3 aromatic rings. The van der Waals surface area contributed by atoms with Gasteiger partial charge in [-0.05, 0) is 53.3 Å². The average molecular weight is 532 g/mol. The number of ether oxygens (including phenoxy) is 2. The third kappa shape index (κ3) is 6.45. The monoisotopic (exact) mass is 531 g/mol. The minimum absolute atomic E-state index is 0.0307. The Morgan fingerprint density at radius 1 is 0.889 bits per heavy atom. The molecule has 0 spiro atoms. The summed E-state index contributed by atoms with van der Waals surface area (Å²) in [4.78, 5) is 25.5. The van der Waals surface area contributed by atoms with Gasteiger partial charge in [0.2, 0.25) is 0 Å². The van der Waals surface area contributed by atoms with E-state index in [1.165, 1.54) is 6.20 Å². The topological polar surface area (TPSA) is 107 Å². The summed E-state index contributed by atoms with van der Waals surface area (Å²) in [5.41, 5.74) is 1.83. The van der Waals surface area contributed by atoms with E-state index in [-0.39, 0.29) is 24.8 Å². The fourth-order valence-corrected chi connectivity index (χ4v) is 5.23. The summed E-state index contributed by atoms with van der Waals surface area (Å²) in [6.07, 6.45) is 1.36. The number of halogens is 1. The number of carbonyl (C=O) groups is 2. The van der Waals surface area contributed by atoms with Gasteiger partial charge in [-0.25, -0.2) is 22.7 Å². The van der Waals surface area contributed by atoms with Crippen molar-refractivity contribution in [1.82, 2.24) is 13.1 Å². The van der Waals surface area contributed by atoms with Gasteiger partial charge >= 0.3 is 22.3 Å². The number of carbonyl (C=O) groups excluding carboxylic acids is 2. The molecule has 0 aliphatic carbocycles. The van der Waals surface area contributed by atoms with Crippen LogP contribution in [0.25, 0.3) is 0 Å². The molecule has 1 aromatic heterocycles. The lowest BCUT2D eigenvalue weighted by molar-refractivity contribution is 0.0461. The normalized spacial score (nSPS) is 14.8. The SMILES string of the molecule is O=C(NS(=O)(=O)n1ccc(C2CCN(Cl)CC2)c1C(=O)OCc1ccccc1)OCc1ccccc1. The van der Waals surface area contributed by atoms with Crippen molar-refractivity contribution in [2.45, 2.75) is 32.0 Å². The van der Waals surface area contributed by atoms with E-state index in [0.29, 0.717) is 37.1 Å². The van der Waals surface area contributed by atoms with Crippen molar-refractivity contribution in [2.24, 2.45) is 0 Å². The van der Waals surface area contributed by atoms with Gasteiger partial charge in [0.1, 0.15) is 18.9 Å². The summed E-state index contributed by atoms with van der Waals surface area (Å²) in [7, 11) is -4.50. The molecular weight excluding hydrogens is 506 g/mol. The molecule has 36 heavy (non-hydrogen) atoms. The molecule has 2 aromatic carbocycles. The molecule has 1 aliphatic heterocycles. The third-order valence-corrected chi connectivity index (χ3v) is 7.44. The van der Waals surface area contributed by atoms with E-state index in [4.69, 9.17) is 21.3 Å². The smallest absolute Gasteiger partial charge is 0.422 e. The average Bonchev–Trinajstić information content (AvgIpc) is 3.34. The summed E-state index contributed by atoms with van der Waals surface area (Å²) >= 11 is 6.08. The zero-order valence-corrected chi connectivity index (χ0v) is 21.0. The fraction of sp³-hybridized carbons (Fsp3) is 0.280. The number of hydrogen-bond donors (Lipinski definition) is 1. The second kappa shape index (κ2) is 11.6. The first-order valence-corrected chi connectivity index (χ1v) is 13.2. The van der Waals surface area contributed by atoms with Crippen LogP contribution in [0.1, 0.15) is 45.9 Å². The highest BCUT2D eigenvalue weighted by Gasteiger charge is 2.32. The summed E-state index contributed by atoms with van der Waals surface area (Å²) in [6.45, 7) is 1.04. The minimum Gasteiger partial charge on any atom is -0.456 e. The molecule has 0 radical (unpaired) electrons. The highest BCUT2D eigenvalue weighted by atomic mass is 35.5. The van der Waals surface area contributed by atoms with Crippen molar-refractivity contribution in [1.29, 1.82) is 0 Å². The molecule has 0 atom stereocenters. The lowest BCUT2D eigenvalue weighted by Crippen LogP contribution is -2.37. The minimum atomic E-state index is -4.50. The number of amides is 1. The zero-order valence-electron chi connectivity index (χ0n) is 19.4. The zero-order chi connectivity index (χ0) is 25.5. The van der Waals surface area contributed by atoms with Crippen molar-refractivity contribution in [2.75, 3.05) is 13.1 Å². The van der Waals surface area contributed by atoms with Crippen LogP contribution in [0.4, 0.5) is 4.79 Å². The van der Waals surface area contributed by atoms with Gasteiger partial charge in [-0.2, -0.15) is 8.42 Å². The van der Waals surface area contributed by atoms with Crippen LogP contribution in [-0.4, -0.2) is 42.0 Å². The van der Waals surface area contributed by atoms with Gasteiger partial charge in [0, 0.05) is 19.3 Å². The van der Waals surface area contributed by atoms with Gasteiger partial charge in [-0.1, -0.05) is 60.7 Å². The van der Waals surface area contributed by atoms with Crippen molar-refractivity contribution >= 4 is 34.0 Å². The van der Waals surface area contributed by atoms with Gasteiger partial charge in [-0.3, -0.25) is 0 Å². The number of aromatic nitrogens is 1. The summed E-state index contributed by atoms with van der Waals surface area (Å²) < 4.78 is 41.0. The maximum Gasteiger partial charge on any atom is 0.422 e. The van der Waals surface area contributed by atoms with Crippen LogP contribution >= 0.6 is 11.8 Å². The van der Waals surface area contributed by atoms with E-state index in [1.54, 1.807) is 46.9 Å². The number of benzene rings is 2. The molecule has 1 aliphatic rings. The Morgan fingerprint density at radius 3 is 2.03 bits per heavy atom. The van der Waals surface area contributed by atoms with E-state index in [0.717, 1.165) is 9.54 Å². The highest BCUT2D eigenvalue weighted by Crippen LogP contribution is 2.32. The second-order valence-electron chi connectivity index (χ2n) is 8.33. The second-order valence-corrected chi connectivity index (χ2v) is 10.4. The quantitative estimate of drug-likeness (QED) is 0.343. The van der Waals surface area contributed by atoms with E-state index >= 15 is 0 Å². The van der Waals surface area contributed by atoms with Crippen LogP contribution in [-0.2, 0) is 32.9 Å². The first kappa shape index (κ1) is 25.7. The Kier molecular flexibility index (Phi) is 8.29. The number of nitrogens with zero attached hydrogens (tertiary/aromatic N) is 2. The van der Waals surface area contributed by atoms with Gasteiger partial charge in [-0.15, -0.1) is 0 Å². The van der Waals surface area contributed by atoms with Gasteiger partial charge in [0.25, 0.3) is 0 Å². The predicted octanol–water partition coefficient (Wildman–Crippen LogP) is 4.20. The van der Waals surface area contributed by atoms with Crippen LogP contribution in [0, 0.1) is 0 Å². The van der Waals surface area contributed by atoms with Crippen molar-refractivity contribution < 1.29 is 27.5 Å². The van der Waals surface area contributed by atoms with E-state index in [1.807, 2.05) is 29.0 Å². The Balaban J connectivity index is 1.55. The van der Waals surface area contributed by atoms with Crippen LogP contribution in [0.15, 0.2) is 72.9 Å². The standard InChI is InChI=1S/C25H26ClN3O6S/c26-28-14-11-21(12-15-28)22-13-16-29(23(22)24(30)34-17-19-7-3-1-4-8-19)36(32,33)27-25(31)35-18-20-9-5-2-6-10-20/h1-10,13,16,21H,11-12,14-15,17-18H2,(H,27,31). The fourth-order valence-electron chi connectivity index (χ4n) is 4.02. The first-order valence-electron chi connectivity index (χ1n) is 11.4. The molecule has 0 unspecified atom stereocenters. The number of esters is 1. The Bertz CT molecular complexity index is 1290. The molecule has 4 rings (SSSR count). The number of nitrogens with one attached hydrogen (secondary N) is 1. The third-order valence-electron chi connectivity index (χ3n) is 5.85. The Labute approximate surface area is 214 Å². The number of hydrogen-bond acceptors (Lipinski definition) is 7. The molecule has 1 saturated heterocycles. The maximum atomic E-state index is 13.2. The largest absolute Gasteiger partial charge is 0.456 e. The van der Waals surface area contributed by atoms with Crippen LogP contribution in [0.5, 0.6) is 0 Å². The van der Waals surface area contributed by atoms with Gasteiger partial charge in [0.15, 0.2) is 0 Å². The van der Waals surface area contributed by atoms with Gasteiger partial charge < -0.3 is 9.47 Å². The van der Waals surface area contributed by atoms with E-state index in [2.05, 4.69) is 0 Å². The molecule has 1 N–H and O–H groups in total. The predicted molar refractivity (Wildman–Crippen MR) is 133 cm³/mol. The molecule has 190 valence electrons. The van der Waals surface area contributed by atoms with Crippen molar-refractivity contribution in [3.8, 4) is 0 Å². The molecule has 2 heterocycles. The number of rotatable bonds is 8. The number of piperidine rings is 1. The first-order chi connectivity index (χ1) is 17.3. The van der Waals surface area contributed by atoms with Crippen LogP contribution < -0.4 is 4.72 Å². The highest BCUT2D eigenvalue weighted by molar-refractivity contribution is 7.88. The summed E-state index contributed by atoms with van der Waals surface area (Å²) in [6, 6.07) is 19.5. The lowest BCUT2D eigenvalue weighted by Gasteiger charge is -2.27. The Hall–Kier alpha value is -3.34. The molecule has 11 heteroatoms. The van der Waals surface area contributed by atoms with Crippen LogP contribution in [0.2, 0.25) is 0 Å². The van der Waals surface area contributed by atoms with E-state index < -0.39 is 22.3 Å². The van der Waals surface area contributed by atoms with Crippen molar-refractivity contribution in [3.63, 3.8) is 0 Å². The Morgan fingerprint density at radius 2 is 1.44 bits per heavy atom. The molecule has 1 fully saturated rings. The lowest BCUT2D eigenvalue weighted by atomic mass is 9.90. The summed E-state index contributed by atoms with van der Waals surface area (Å²) in [5, 5.41) is 0. The van der Waals surface area contributed by atoms with E-state index in [9.17, 15) is 18.0 Å². The molecule has 9 nitrogen and oxygen atoms in total. The van der Waals surface area contributed by atoms with Crippen molar-refractivity contribution in [3.05, 3.63) is 95.3 Å². The maximum absolute atomic E-state index is 13.2. The molecule has 0 saturated carbocycles. The molecular formula is C25H26ClN3O6S. The van der Waals surface area contributed by atoms with Gasteiger partial charge in [0.05, 0.1) is 0 Å². The molecule has 0 bridgehead atoms. The summed E-state index contributed by atoms with van der Waals surface area (Å²) in [5.74, 6) is -0.907. The van der Waals surface area contributed by atoms with Crippen LogP contribution in [0.3, 0.4) is 0 Å². The molecule has 1 amide bonds.